The molecule has 12 heteroatoms. The summed E-state index contributed by atoms with van der Waals surface area (Å²) in [6.45, 7) is -0.204. The first-order chi connectivity index (χ1) is 10.3. The number of imidazole rings is 1. The molecule has 1 heterocycles. The van der Waals surface area contributed by atoms with Gasteiger partial charge in [-0.25, -0.2) is 14.6 Å². The number of aliphatic hydroxyl groups is 2. The zero-order valence-electron chi connectivity index (χ0n) is 13.2. The summed E-state index contributed by atoms with van der Waals surface area (Å²) in [6.07, 6.45) is -0.0834. The van der Waals surface area contributed by atoms with E-state index in [1.54, 1.807) is 4.57 Å². The number of amides is 2. The molecule has 1 aromatic rings. The highest BCUT2D eigenvalue weighted by Crippen LogP contribution is 2.17. The summed E-state index contributed by atoms with van der Waals surface area (Å²) in [4.78, 5) is 22.6. The van der Waals surface area contributed by atoms with Crippen LogP contribution in [0.25, 0.3) is 0 Å². The average Bonchev–Trinajstić information content (AvgIpc) is 2.83. The number of aromatic nitrogens is 2. The van der Waals surface area contributed by atoms with Crippen LogP contribution in [-0.2, 0) is 20.3 Å². The molecule has 0 saturated heterocycles. The lowest BCUT2D eigenvalue weighted by molar-refractivity contribution is 0.196. The van der Waals surface area contributed by atoms with Gasteiger partial charge in [-0.05, 0) is 6.26 Å². The maximum absolute atomic E-state index is 9.26. The predicted octanol–water partition coefficient (Wildman–Crippen LogP) is 0.316. The van der Waals surface area contributed by atoms with Gasteiger partial charge in [-0.15, -0.1) is 12.4 Å². The van der Waals surface area contributed by atoms with E-state index >= 15 is 0 Å². The van der Waals surface area contributed by atoms with Crippen LogP contribution in [0.5, 0.6) is 0 Å². The fraction of sp³-hybridized carbons (Fsp3) is 0.545. The van der Waals surface area contributed by atoms with Gasteiger partial charge in [-0.3, -0.25) is 0 Å². The molecule has 0 atom stereocenters. The standard InChI is InChI=1S/C7H12N2O2S.2C2H5NO2.ClH/c1-9-6(4-11)5(3-10)8-7(9)12-2;2*1-3-2(4)5;/h10-11H,3-4H2,1-2H3;2*3H,1H3,(H,4,5);1H. The van der Waals surface area contributed by atoms with E-state index in [1.165, 1.54) is 25.9 Å². The van der Waals surface area contributed by atoms with Crippen molar-refractivity contribution in [3.63, 3.8) is 0 Å². The number of rotatable bonds is 3. The van der Waals surface area contributed by atoms with Crippen molar-refractivity contribution in [1.29, 1.82) is 0 Å². The minimum Gasteiger partial charge on any atom is -0.465 e. The molecular weight excluding hydrogens is 352 g/mol. The van der Waals surface area contributed by atoms with Crippen molar-refractivity contribution >= 4 is 36.4 Å². The molecule has 0 aliphatic carbocycles. The van der Waals surface area contributed by atoms with E-state index in [9.17, 15) is 9.59 Å². The Labute approximate surface area is 144 Å². The van der Waals surface area contributed by atoms with Crippen LogP contribution < -0.4 is 10.6 Å². The number of hydrogen-bond acceptors (Lipinski definition) is 6. The third-order valence-electron chi connectivity index (χ3n) is 2.17. The Morgan fingerprint density at radius 1 is 1.13 bits per heavy atom. The number of thioether (sulfide) groups is 1. The molecule has 10 nitrogen and oxygen atoms in total. The lowest BCUT2D eigenvalue weighted by Gasteiger charge is -2.00. The van der Waals surface area contributed by atoms with Gasteiger partial charge >= 0.3 is 12.2 Å². The Morgan fingerprint density at radius 3 is 1.70 bits per heavy atom. The molecule has 1 rings (SSSR count). The molecule has 23 heavy (non-hydrogen) atoms. The molecule has 6 N–H and O–H groups in total. The van der Waals surface area contributed by atoms with Gasteiger partial charge in [0.25, 0.3) is 0 Å². The van der Waals surface area contributed by atoms with E-state index in [0.717, 1.165) is 5.16 Å². The number of nitrogens with zero attached hydrogens (tertiary/aromatic N) is 2. The number of hydrogen-bond donors (Lipinski definition) is 6. The van der Waals surface area contributed by atoms with Crippen LogP contribution in [0.1, 0.15) is 11.4 Å². The van der Waals surface area contributed by atoms with E-state index < -0.39 is 12.2 Å². The van der Waals surface area contributed by atoms with Crippen molar-refractivity contribution < 1.29 is 30.0 Å². The smallest absolute Gasteiger partial charge is 0.404 e. The molecule has 136 valence electrons. The van der Waals surface area contributed by atoms with Gasteiger partial charge in [-0.2, -0.15) is 0 Å². The van der Waals surface area contributed by atoms with Crippen molar-refractivity contribution in [2.24, 2.45) is 7.05 Å². The topological polar surface area (TPSA) is 157 Å². The van der Waals surface area contributed by atoms with Crippen molar-refractivity contribution in [2.75, 3.05) is 20.4 Å². The molecule has 0 bridgehead atoms. The second kappa shape index (κ2) is 15.2. The van der Waals surface area contributed by atoms with Gasteiger partial charge in [0.1, 0.15) is 0 Å². The SMILES string of the molecule is CNC(=O)O.CNC(=O)O.CSc1nc(CO)c(CO)n1C.Cl. The van der Waals surface area contributed by atoms with Crippen LogP contribution in [0.15, 0.2) is 5.16 Å². The zero-order valence-corrected chi connectivity index (χ0v) is 14.9. The monoisotopic (exact) mass is 374 g/mol. The van der Waals surface area contributed by atoms with Crippen LogP contribution in [0.3, 0.4) is 0 Å². The average molecular weight is 375 g/mol. The molecule has 0 radical (unpaired) electrons. The van der Waals surface area contributed by atoms with Crippen LogP contribution in [-0.4, -0.2) is 62.5 Å². The van der Waals surface area contributed by atoms with E-state index in [4.69, 9.17) is 20.4 Å². The summed E-state index contributed by atoms with van der Waals surface area (Å²) in [7, 11) is 4.52. The van der Waals surface area contributed by atoms with Crippen molar-refractivity contribution in [3.05, 3.63) is 11.4 Å². The first-order valence-electron chi connectivity index (χ1n) is 5.90. The fourth-order valence-corrected chi connectivity index (χ4v) is 1.66. The molecular formula is C11H23ClN4O6S. The first kappa shape index (κ1) is 26.2. The maximum atomic E-state index is 9.26. The molecule has 0 aliphatic rings. The Morgan fingerprint density at radius 2 is 1.52 bits per heavy atom. The van der Waals surface area contributed by atoms with Gasteiger partial charge in [0, 0.05) is 21.1 Å². The minimum absolute atomic E-state index is 0. The highest BCUT2D eigenvalue weighted by Gasteiger charge is 2.11. The number of carboxylic acid groups (broad SMARTS) is 2. The normalized spacial score (nSPS) is 8.43. The van der Waals surface area contributed by atoms with Crippen LogP contribution in [0.4, 0.5) is 9.59 Å². The van der Waals surface area contributed by atoms with E-state index in [0.29, 0.717) is 11.4 Å². The van der Waals surface area contributed by atoms with Crippen LogP contribution >= 0.6 is 24.2 Å². The van der Waals surface area contributed by atoms with Crippen molar-refractivity contribution in [3.8, 4) is 0 Å². The molecule has 0 fully saturated rings. The predicted molar refractivity (Wildman–Crippen MR) is 88.3 cm³/mol. The van der Waals surface area contributed by atoms with Crippen molar-refractivity contribution in [1.82, 2.24) is 20.2 Å². The summed E-state index contributed by atoms with van der Waals surface area (Å²) < 4.78 is 1.79. The summed E-state index contributed by atoms with van der Waals surface area (Å²) in [5.74, 6) is 0. The molecule has 0 aromatic carbocycles. The summed E-state index contributed by atoms with van der Waals surface area (Å²) >= 11 is 1.49. The van der Waals surface area contributed by atoms with E-state index in [1.807, 2.05) is 23.9 Å². The second-order valence-corrected chi connectivity index (χ2v) is 4.25. The number of halogens is 1. The molecule has 0 unspecified atom stereocenters. The Balaban J connectivity index is -0.000000307. The number of aliphatic hydroxyl groups excluding tert-OH is 2. The maximum Gasteiger partial charge on any atom is 0.404 e. The Hall–Kier alpha value is -1.69. The second-order valence-electron chi connectivity index (χ2n) is 3.48. The zero-order chi connectivity index (χ0) is 17.7. The van der Waals surface area contributed by atoms with Crippen LogP contribution in [0, 0.1) is 0 Å². The molecule has 1 aromatic heterocycles. The molecule has 2 amide bonds. The Kier molecular flexibility index (Phi) is 17.3. The lowest BCUT2D eigenvalue weighted by Crippen LogP contribution is -2.13. The summed E-state index contributed by atoms with van der Waals surface area (Å²) in [5, 5.41) is 37.8. The summed E-state index contributed by atoms with van der Waals surface area (Å²) in [6, 6.07) is 0. The summed E-state index contributed by atoms with van der Waals surface area (Å²) in [5.41, 5.74) is 1.24. The first-order valence-corrected chi connectivity index (χ1v) is 7.12. The highest BCUT2D eigenvalue weighted by molar-refractivity contribution is 7.98. The van der Waals surface area contributed by atoms with Gasteiger partial charge in [-0.1, -0.05) is 11.8 Å². The molecule has 0 saturated carbocycles. The number of carbonyl (C=O) groups is 2. The molecule has 0 aliphatic heterocycles. The fourth-order valence-electron chi connectivity index (χ4n) is 1.07. The molecule has 0 spiro atoms. The third-order valence-corrected chi connectivity index (χ3v) is 2.90. The minimum atomic E-state index is -0.995. The van der Waals surface area contributed by atoms with Gasteiger partial charge in [0.2, 0.25) is 0 Å². The van der Waals surface area contributed by atoms with Crippen molar-refractivity contribution in [2.45, 2.75) is 18.4 Å². The largest absolute Gasteiger partial charge is 0.465 e. The number of nitrogens with one attached hydrogen (secondary N) is 2. The van der Waals surface area contributed by atoms with Crippen LogP contribution in [0.2, 0.25) is 0 Å². The van der Waals surface area contributed by atoms with E-state index in [2.05, 4.69) is 4.98 Å². The highest BCUT2D eigenvalue weighted by atomic mass is 35.5. The lowest BCUT2D eigenvalue weighted by atomic mass is 10.3. The van der Waals surface area contributed by atoms with E-state index in [-0.39, 0.29) is 25.6 Å². The quantitative estimate of drug-likeness (QED) is 0.413. The van der Waals surface area contributed by atoms with Gasteiger partial charge in [0.15, 0.2) is 5.16 Å². The van der Waals surface area contributed by atoms with Gasteiger partial charge in [0.05, 0.1) is 24.6 Å². The van der Waals surface area contributed by atoms with Gasteiger partial charge < -0.3 is 35.6 Å². The third kappa shape index (κ3) is 11.5. The Bertz CT molecular complexity index is 458.